The van der Waals surface area contributed by atoms with Gasteiger partial charge < -0.3 is 15.0 Å². The summed E-state index contributed by atoms with van der Waals surface area (Å²) in [5, 5.41) is 10.2. The lowest BCUT2D eigenvalue weighted by Crippen LogP contribution is -2.48. The summed E-state index contributed by atoms with van der Waals surface area (Å²) in [6.07, 6.45) is -3.34. The Morgan fingerprint density at radius 1 is 1.20 bits per heavy atom. The van der Waals surface area contributed by atoms with Crippen LogP contribution < -0.4 is 5.32 Å². The highest BCUT2D eigenvalue weighted by Crippen LogP contribution is 2.31. The standard InChI is InChI=1S/C19H22F3N5O3/c1-12-9-26(10-13(2)30-12)18(29)16-11-27(25-24-16)8-7-23-17(28)14-5-3-4-6-15(14)19(20,21)22/h3-6,11-13H,7-10H2,1-2H3,(H,23,28)/t12-,13+. The van der Waals surface area contributed by atoms with Crippen molar-refractivity contribution in [2.45, 2.75) is 38.8 Å². The Kier molecular flexibility index (Phi) is 6.40. The number of benzene rings is 1. The van der Waals surface area contributed by atoms with Crippen molar-refractivity contribution in [2.75, 3.05) is 19.6 Å². The van der Waals surface area contributed by atoms with Crippen LogP contribution in [0, 0.1) is 0 Å². The first-order chi connectivity index (χ1) is 14.1. The Morgan fingerprint density at radius 2 is 1.87 bits per heavy atom. The molecule has 2 heterocycles. The number of halogens is 3. The highest BCUT2D eigenvalue weighted by molar-refractivity contribution is 5.95. The molecule has 0 saturated carbocycles. The number of carbonyl (C=O) groups excluding carboxylic acids is 2. The smallest absolute Gasteiger partial charge is 0.372 e. The van der Waals surface area contributed by atoms with Crippen molar-refractivity contribution in [3.63, 3.8) is 0 Å². The summed E-state index contributed by atoms with van der Waals surface area (Å²) >= 11 is 0. The van der Waals surface area contributed by atoms with Crippen molar-refractivity contribution in [1.82, 2.24) is 25.2 Å². The zero-order chi connectivity index (χ0) is 21.9. The zero-order valence-electron chi connectivity index (χ0n) is 16.5. The van der Waals surface area contributed by atoms with Gasteiger partial charge in [-0.1, -0.05) is 17.3 Å². The number of nitrogens with one attached hydrogen (secondary N) is 1. The zero-order valence-corrected chi connectivity index (χ0v) is 16.5. The number of ether oxygens (including phenoxy) is 1. The average molecular weight is 425 g/mol. The molecule has 0 unspecified atom stereocenters. The summed E-state index contributed by atoms with van der Waals surface area (Å²) in [6.45, 7) is 4.83. The minimum atomic E-state index is -4.62. The Labute approximate surface area is 171 Å². The molecule has 1 fully saturated rings. The number of nitrogens with zero attached hydrogens (tertiary/aromatic N) is 4. The summed E-state index contributed by atoms with van der Waals surface area (Å²) < 4.78 is 46.1. The van der Waals surface area contributed by atoms with Gasteiger partial charge in [0.15, 0.2) is 5.69 Å². The molecule has 1 aliphatic heterocycles. The number of alkyl halides is 3. The maximum Gasteiger partial charge on any atom is 0.417 e. The van der Waals surface area contributed by atoms with Crippen LogP contribution in [-0.2, 0) is 17.5 Å². The largest absolute Gasteiger partial charge is 0.417 e. The first-order valence-electron chi connectivity index (χ1n) is 9.44. The van der Waals surface area contributed by atoms with Gasteiger partial charge in [-0.2, -0.15) is 13.2 Å². The highest BCUT2D eigenvalue weighted by Gasteiger charge is 2.34. The molecule has 2 aromatic rings. The molecule has 2 amide bonds. The molecular formula is C19H22F3N5O3. The third kappa shape index (κ3) is 5.15. The van der Waals surface area contributed by atoms with E-state index in [4.69, 9.17) is 4.74 Å². The van der Waals surface area contributed by atoms with Crippen LogP contribution in [0.5, 0.6) is 0 Å². The molecule has 11 heteroatoms. The second kappa shape index (κ2) is 8.82. The van der Waals surface area contributed by atoms with E-state index in [1.165, 1.54) is 23.0 Å². The molecule has 162 valence electrons. The topological polar surface area (TPSA) is 89.4 Å². The second-order valence-corrected chi connectivity index (χ2v) is 7.13. The van der Waals surface area contributed by atoms with E-state index in [2.05, 4.69) is 15.6 Å². The fraction of sp³-hybridized carbons (Fsp3) is 0.474. The molecule has 0 aliphatic carbocycles. The Bertz CT molecular complexity index is 905. The van der Waals surface area contributed by atoms with Gasteiger partial charge in [0, 0.05) is 19.6 Å². The normalized spacial score (nSPS) is 19.6. The van der Waals surface area contributed by atoms with E-state index in [1.807, 2.05) is 13.8 Å². The number of rotatable bonds is 5. The van der Waals surface area contributed by atoms with Crippen molar-refractivity contribution < 1.29 is 27.5 Å². The van der Waals surface area contributed by atoms with E-state index >= 15 is 0 Å². The van der Waals surface area contributed by atoms with Crippen molar-refractivity contribution in [2.24, 2.45) is 0 Å². The van der Waals surface area contributed by atoms with Gasteiger partial charge >= 0.3 is 6.18 Å². The summed E-state index contributed by atoms with van der Waals surface area (Å²) in [6, 6.07) is 4.57. The number of amides is 2. The van der Waals surface area contributed by atoms with E-state index in [0.717, 1.165) is 12.1 Å². The highest BCUT2D eigenvalue weighted by atomic mass is 19.4. The summed E-state index contributed by atoms with van der Waals surface area (Å²) in [7, 11) is 0. The van der Waals surface area contributed by atoms with Gasteiger partial charge in [-0.05, 0) is 26.0 Å². The van der Waals surface area contributed by atoms with Gasteiger partial charge in [-0.15, -0.1) is 5.10 Å². The van der Waals surface area contributed by atoms with E-state index < -0.39 is 23.2 Å². The van der Waals surface area contributed by atoms with Crippen molar-refractivity contribution >= 4 is 11.8 Å². The van der Waals surface area contributed by atoms with E-state index in [9.17, 15) is 22.8 Å². The monoisotopic (exact) mass is 425 g/mol. The Balaban J connectivity index is 1.56. The maximum atomic E-state index is 13.0. The lowest BCUT2D eigenvalue weighted by Gasteiger charge is -2.34. The maximum absolute atomic E-state index is 13.0. The predicted molar refractivity (Wildman–Crippen MR) is 99.7 cm³/mol. The van der Waals surface area contributed by atoms with Crippen molar-refractivity contribution in [3.8, 4) is 0 Å². The molecule has 3 rings (SSSR count). The molecule has 1 saturated heterocycles. The van der Waals surface area contributed by atoms with Gasteiger partial charge in [0.1, 0.15) is 0 Å². The third-order valence-electron chi connectivity index (χ3n) is 4.57. The first kappa shape index (κ1) is 21.8. The fourth-order valence-electron chi connectivity index (χ4n) is 3.32. The molecule has 1 aromatic carbocycles. The third-order valence-corrected chi connectivity index (χ3v) is 4.57. The van der Waals surface area contributed by atoms with Gasteiger partial charge in [0.25, 0.3) is 11.8 Å². The van der Waals surface area contributed by atoms with Crippen LogP contribution >= 0.6 is 0 Å². The SMILES string of the molecule is C[C@@H]1CN(C(=O)c2cn(CCNC(=O)c3ccccc3C(F)(F)F)nn2)C[C@H](C)O1. The average Bonchev–Trinajstić information content (AvgIpc) is 3.14. The van der Waals surface area contributed by atoms with E-state index in [1.54, 1.807) is 4.90 Å². The number of hydrogen-bond acceptors (Lipinski definition) is 5. The fourth-order valence-corrected chi connectivity index (χ4v) is 3.32. The number of hydrogen-bond donors (Lipinski definition) is 1. The molecule has 30 heavy (non-hydrogen) atoms. The summed E-state index contributed by atoms with van der Waals surface area (Å²) in [5.74, 6) is -1.11. The van der Waals surface area contributed by atoms with Crippen LogP contribution in [-0.4, -0.2) is 63.6 Å². The number of aromatic nitrogens is 3. The van der Waals surface area contributed by atoms with E-state index in [-0.39, 0.29) is 36.9 Å². The molecule has 0 radical (unpaired) electrons. The van der Waals surface area contributed by atoms with Gasteiger partial charge in [-0.25, -0.2) is 4.68 Å². The van der Waals surface area contributed by atoms with Crippen LogP contribution in [0.1, 0.15) is 40.3 Å². The lowest BCUT2D eigenvalue weighted by atomic mass is 10.1. The lowest BCUT2D eigenvalue weighted by molar-refractivity contribution is -0.137. The molecule has 1 aromatic heterocycles. The van der Waals surface area contributed by atoms with Gasteiger partial charge in [-0.3, -0.25) is 9.59 Å². The van der Waals surface area contributed by atoms with Crippen LogP contribution in [0.2, 0.25) is 0 Å². The molecule has 0 spiro atoms. The molecule has 1 aliphatic rings. The number of carbonyl (C=O) groups is 2. The van der Waals surface area contributed by atoms with Crippen LogP contribution in [0.25, 0.3) is 0 Å². The molecule has 1 N–H and O–H groups in total. The predicted octanol–water partition coefficient (Wildman–Crippen LogP) is 1.98. The molecule has 8 nitrogen and oxygen atoms in total. The van der Waals surface area contributed by atoms with Crippen molar-refractivity contribution in [3.05, 3.63) is 47.3 Å². The van der Waals surface area contributed by atoms with Crippen LogP contribution in [0.4, 0.5) is 13.2 Å². The van der Waals surface area contributed by atoms with Gasteiger partial charge in [0.2, 0.25) is 0 Å². The molecule has 2 atom stereocenters. The molecular weight excluding hydrogens is 403 g/mol. The quantitative estimate of drug-likeness (QED) is 0.791. The Morgan fingerprint density at radius 3 is 2.53 bits per heavy atom. The minimum absolute atomic E-state index is 0.0215. The van der Waals surface area contributed by atoms with Gasteiger partial charge in [0.05, 0.1) is 36.1 Å². The molecule has 0 bridgehead atoms. The van der Waals surface area contributed by atoms with Crippen LogP contribution in [0.3, 0.4) is 0 Å². The minimum Gasteiger partial charge on any atom is -0.372 e. The summed E-state index contributed by atoms with van der Waals surface area (Å²) in [5.41, 5.74) is -1.29. The number of morpholine rings is 1. The Hall–Kier alpha value is -2.95. The van der Waals surface area contributed by atoms with Crippen molar-refractivity contribution in [1.29, 1.82) is 0 Å². The first-order valence-corrected chi connectivity index (χ1v) is 9.44. The second-order valence-electron chi connectivity index (χ2n) is 7.13. The van der Waals surface area contributed by atoms with Crippen LogP contribution in [0.15, 0.2) is 30.5 Å². The summed E-state index contributed by atoms with van der Waals surface area (Å²) in [4.78, 5) is 26.4. The van der Waals surface area contributed by atoms with E-state index in [0.29, 0.717) is 13.1 Å².